The van der Waals surface area contributed by atoms with Crippen molar-refractivity contribution in [3.8, 4) is 38.5 Å². The SMILES string of the molecule is N#CC1(NC(=O)[C@@H](O)c2ccc3c(c2)CCc2nc(-c4onc(-c5ccccc5)c4C(F)(F)F)sc2-3)CC1. The molecule has 4 aromatic rings. The van der Waals surface area contributed by atoms with Crippen LogP contribution in [-0.4, -0.2) is 26.7 Å². The van der Waals surface area contributed by atoms with Gasteiger partial charge in [-0.05, 0) is 42.4 Å². The number of fused-ring (bicyclic) bond motifs is 3. The summed E-state index contributed by atoms with van der Waals surface area (Å²) in [4.78, 5) is 17.7. The smallest absolute Gasteiger partial charge is 0.378 e. The van der Waals surface area contributed by atoms with Crippen LogP contribution >= 0.6 is 11.3 Å². The third kappa shape index (κ3) is 4.15. The number of amides is 1. The molecule has 2 aromatic carbocycles. The Bertz CT molecular complexity index is 1600. The van der Waals surface area contributed by atoms with Crippen molar-refractivity contribution in [3.63, 3.8) is 0 Å². The predicted octanol–water partition coefficient (Wildman–Crippen LogP) is 5.46. The van der Waals surface area contributed by atoms with E-state index in [-0.39, 0.29) is 10.7 Å². The fraction of sp³-hybridized carbons (Fsp3) is 0.259. The van der Waals surface area contributed by atoms with Crippen molar-refractivity contribution in [2.45, 2.75) is 43.5 Å². The number of carbonyl (C=O) groups is 1. The number of aliphatic hydroxyl groups excluding tert-OH is 1. The maximum Gasteiger partial charge on any atom is 0.422 e. The Morgan fingerprint density at radius 3 is 2.63 bits per heavy atom. The van der Waals surface area contributed by atoms with E-state index in [0.717, 1.165) is 22.5 Å². The number of nitrogens with one attached hydrogen (secondary N) is 1. The van der Waals surface area contributed by atoms with E-state index in [2.05, 4.69) is 21.5 Å². The third-order valence-electron chi connectivity index (χ3n) is 6.81. The number of nitriles is 1. The summed E-state index contributed by atoms with van der Waals surface area (Å²) in [7, 11) is 0. The highest BCUT2D eigenvalue weighted by molar-refractivity contribution is 7.18. The Kier molecular flexibility index (Phi) is 5.63. The molecule has 2 N–H and O–H groups in total. The molecule has 2 aromatic heterocycles. The first-order chi connectivity index (χ1) is 18.2. The summed E-state index contributed by atoms with van der Waals surface area (Å²) in [6.07, 6.45) is -4.03. The summed E-state index contributed by atoms with van der Waals surface area (Å²) in [5, 5.41) is 26.2. The number of carbonyl (C=O) groups excluding carboxylic acids is 1. The number of alkyl halides is 3. The molecule has 2 aliphatic carbocycles. The van der Waals surface area contributed by atoms with Gasteiger partial charge in [-0.3, -0.25) is 4.79 Å². The molecule has 1 saturated carbocycles. The highest BCUT2D eigenvalue weighted by atomic mass is 32.1. The number of nitrogens with zero attached hydrogens (tertiary/aromatic N) is 3. The van der Waals surface area contributed by atoms with E-state index < -0.39 is 35.1 Å². The lowest BCUT2D eigenvalue weighted by molar-refractivity contribution is -0.136. The number of thiazole rings is 1. The normalized spacial score (nSPS) is 16.2. The number of hydrogen-bond acceptors (Lipinski definition) is 7. The molecule has 11 heteroatoms. The second-order valence-electron chi connectivity index (χ2n) is 9.40. The summed E-state index contributed by atoms with van der Waals surface area (Å²) in [5.74, 6) is -1.06. The first-order valence-corrected chi connectivity index (χ1v) is 12.7. The zero-order valence-corrected chi connectivity index (χ0v) is 20.5. The summed E-state index contributed by atoms with van der Waals surface area (Å²) in [6, 6.07) is 15.2. The van der Waals surface area contributed by atoms with Crippen molar-refractivity contribution in [2.75, 3.05) is 0 Å². The minimum absolute atomic E-state index is 0.0829. The Labute approximate surface area is 218 Å². The maximum absolute atomic E-state index is 14.2. The average molecular weight is 537 g/mol. The molecule has 1 fully saturated rings. The van der Waals surface area contributed by atoms with Crippen LogP contribution in [0.15, 0.2) is 53.1 Å². The van der Waals surface area contributed by atoms with Gasteiger partial charge in [0.1, 0.15) is 16.8 Å². The summed E-state index contributed by atoms with van der Waals surface area (Å²) in [5.41, 5.74) is 0.795. The van der Waals surface area contributed by atoms with E-state index >= 15 is 0 Å². The van der Waals surface area contributed by atoms with E-state index in [9.17, 15) is 28.3 Å². The molecule has 6 rings (SSSR count). The van der Waals surface area contributed by atoms with Gasteiger partial charge in [0.25, 0.3) is 5.91 Å². The van der Waals surface area contributed by atoms with Gasteiger partial charge in [-0.15, -0.1) is 11.3 Å². The molecule has 2 aliphatic rings. The molecule has 7 nitrogen and oxygen atoms in total. The lowest BCUT2D eigenvalue weighted by Gasteiger charge is -2.19. The minimum Gasteiger partial charge on any atom is -0.378 e. The molecular formula is C27H19F3N4O3S. The quantitative estimate of drug-likeness (QED) is 0.351. The standard InChI is InChI=1S/C27H19F3N4O3S/c28-27(29,30)19-20(14-4-2-1-3-5-14)34-37-22(19)25-32-18-9-7-15-12-16(6-8-17(15)23(18)38-25)21(35)24(36)33-26(13-31)10-11-26/h1-6,8,12,21,35H,7,9-11H2,(H,33,36)/t21-/m0/s1. The summed E-state index contributed by atoms with van der Waals surface area (Å²) < 4.78 is 47.7. The van der Waals surface area contributed by atoms with Crippen LogP contribution in [0.25, 0.3) is 32.5 Å². The van der Waals surface area contributed by atoms with E-state index in [1.54, 1.807) is 36.4 Å². The average Bonchev–Trinajstić information content (AvgIpc) is 3.33. The summed E-state index contributed by atoms with van der Waals surface area (Å²) >= 11 is 1.09. The number of rotatable bonds is 5. The molecule has 0 spiro atoms. The van der Waals surface area contributed by atoms with E-state index in [1.807, 2.05) is 0 Å². The van der Waals surface area contributed by atoms with Gasteiger partial charge < -0.3 is 14.9 Å². The van der Waals surface area contributed by atoms with Crippen LogP contribution in [0.1, 0.15) is 41.3 Å². The van der Waals surface area contributed by atoms with Crippen LogP contribution in [-0.2, 0) is 23.8 Å². The van der Waals surface area contributed by atoms with Gasteiger partial charge in [0.15, 0.2) is 11.1 Å². The number of hydrogen-bond donors (Lipinski definition) is 2. The van der Waals surface area contributed by atoms with Crippen molar-refractivity contribution in [1.82, 2.24) is 15.5 Å². The van der Waals surface area contributed by atoms with Gasteiger partial charge in [0.2, 0.25) is 5.76 Å². The fourth-order valence-corrected chi connectivity index (χ4v) is 5.79. The lowest BCUT2D eigenvalue weighted by Crippen LogP contribution is -2.38. The minimum atomic E-state index is -4.71. The van der Waals surface area contributed by atoms with Crippen LogP contribution in [0.4, 0.5) is 13.2 Å². The Morgan fingerprint density at radius 1 is 1.18 bits per heavy atom. The van der Waals surface area contributed by atoms with Gasteiger partial charge in [0.05, 0.1) is 16.6 Å². The summed E-state index contributed by atoms with van der Waals surface area (Å²) in [6.45, 7) is 0. The first-order valence-electron chi connectivity index (χ1n) is 11.9. The van der Waals surface area contributed by atoms with Gasteiger partial charge in [0, 0.05) is 5.56 Å². The third-order valence-corrected chi connectivity index (χ3v) is 7.94. The van der Waals surface area contributed by atoms with Crippen molar-refractivity contribution in [2.24, 2.45) is 0 Å². The molecule has 1 amide bonds. The molecule has 0 aliphatic heterocycles. The second-order valence-corrected chi connectivity index (χ2v) is 10.4. The van der Waals surface area contributed by atoms with Gasteiger partial charge >= 0.3 is 6.18 Å². The van der Waals surface area contributed by atoms with Crippen molar-refractivity contribution < 1.29 is 27.6 Å². The molecule has 0 radical (unpaired) electrons. The number of benzene rings is 2. The fourth-order valence-electron chi connectivity index (χ4n) is 4.63. The van der Waals surface area contributed by atoms with Crippen molar-refractivity contribution >= 4 is 17.2 Å². The number of aromatic nitrogens is 2. The molecule has 0 saturated heterocycles. The van der Waals surface area contributed by atoms with E-state index in [1.165, 1.54) is 12.1 Å². The monoisotopic (exact) mass is 536 g/mol. The molecular weight excluding hydrogens is 517 g/mol. The van der Waals surface area contributed by atoms with E-state index in [0.29, 0.717) is 47.4 Å². The van der Waals surface area contributed by atoms with Gasteiger partial charge in [-0.2, -0.15) is 18.4 Å². The van der Waals surface area contributed by atoms with Gasteiger partial charge in [-0.25, -0.2) is 4.98 Å². The van der Waals surface area contributed by atoms with E-state index in [4.69, 9.17) is 4.52 Å². The largest absolute Gasteiger partial charge is 0.422 e. The zero-order chi connectivity index (χ0) is 26.7. The van der Waals surface area contributed by atoms with Crippen LogP contribution in [0, 0.1) is 11.3 Å². The predicted molar refractivity (Wildman–Crippen MR) is 132 cm³/mol. The Morgan fingerprint density at radius 2 is 1.95 bits per heavy atom. The lowest BCUT2D eigenvalue weighted by atomic mass is 9.91. The zero-order valence-electron chi connectivity index (χ0n) is 19.7. The molecule has 1 atom stereocenters. The molecule has 0 bridgehead atoms. The molecule has 2 heterocycles. The molecule has 192 valence electrons. The molecule has 0 unspecified atom stereocenters. The van der Waals surface area contributed by atoms with Crippen LogP contribution < -0.4 is 5.32 Å². The van der Waals surface area contributed by atoms with Crippen molar-refractivity contribution in [1.29, 1.82) is 5.26 Å². The maximum atomic E-state index is 14.2. The molecule has 38 heavy (non-hydrogen) atoms. The highest BCUT2D eigenvalue weighted by Gasteiger charge is 2.46. The van der Waals surface area contributed by atoms with Crippen molar-refractivity contribution in [3.05, 3.63) is 70.9 Å². The van der Waals surface area contributed by atoms with Crippen LogP contribution in [0.5, 0.6) is 0 Å². The Balaban J connectivity index is 1.34. The number of halogens is 3. The highest BCUT2D eigenvalue weighted by Crippen LogP contribution is 2.47. The number of aliphatic hydroxyl groups is 1. The second kappa shape index (κ2) is 8.79. The topological polar surface area (TPSA) is 112 Å². The number of aryl methyl sites for hydroxylation is 2. The van der Waals surface area contributed by atoms with Crippen LogP contribution in [0.3, 0.4) is 0 Å². The van der Waals surface area contributed by atoms with Gasteiger partial charge in [-0.1, -0.05) is 53.7 Å². The van der Waals surface area contributed by atoms with Crippen LogP contribution in [0.2, 0.25) is 0 Å². The first kappa shape index (κ1) is 24.3. The Hall–Kier alpha value is -4.01.